The van der Waals surface area contributed by atoms with E-state index in [1.807, 2.05) is 49.4 Å². The highest BCUT2D eigenvalue weighted by Crippen LogP contribution is 2.13. The molecule has 1 aromatic heterocycles. The first-order valence-electron chi connectivity index (χ1n) is 5.60. The summed E-state index contributed by atoms with van der Waals surface area (Å²) in [5.41, 5.74) is 1.92. The van der Waals surface area contributed by atoms with Crippen molar-refractivity contribution in [3.8, 4) is 0 Å². The Balaban J connectivity index is 2.14. The second-order valence-electron chi connectivity index (χ2n) is 3.77. The van der Waals surface area contributed by atoms with Crippen LogP contribution in [0.25, 0.3) is 12.2 Å². The van der Waals surface area contributed by atoms with Crippen LogP contribution in [-0.4, -0.2) is 16.7 Å². The van der Waals surface area contributed by atoms with Crippen molar-refractivity contribution in [2.24, 2.45) is 0 Å². The number of aliphatic hydroxyl groups is 1. The minimum Gasteiger partial charge on any atom is -0.442 e. The Morgan fingerprint density at radius 3 is 2.71 bits per heavy atom. The van der Waals surface area contributed by atoms with E-state index in [-0.39, 0.29) is 6.61 Å². The lowest BCUT2D eigenvalue weighted by Crippen LogP contribution is -1.92. The van der Waals surface area contributed by atoms with Crippen molar-refractivity contribution in [3.63, 3.8) is 0 Å². The van der Waals surface area contributed by atoms with Crippen molar-refractivity contribution in [2.75, 3.05) is 6.61 Å². The van der Waals surface area contributed by atoms with Gasteiger partial charge < -0.3 is 9.52 Å². The molecule has 0 amide bonds. The maximum absolute atomic E-state index is 8.86. The van der Waals surface area contributed by atoms with Crippen molar-refractivity contribution in [2.45, 2.75) is 13.3 Å². The highest BCUT2D eigenvalue weighted by molar-refractivity contribution is 5.65. The molecule has 0 saturated heterocycles. The molecule has 88 valence electrons. The van der Waals surface area contributed by atoms with E-state index < -0.39 is 0 Å². The largest absolute Gasteiger partial charge is 0.442 e. The molecule has 1 aromatic carbocycles. The standard InChI is InChI=1S/C14H15NO2/c1-11-13(9-10-16)15-14(17-11)8-7-12-5-3-2-4-6-12/h2-8,16H,9-10H2,1H3/b8-7+. The molecular formula is C14H15NO2. The number of hydrogen-bond acceptors (Lipinski definition) is 3. The number of rotatable bonds is 4. The summed E-state index contributed by atoms with van der Waals surface area (Å²) in [7, 11) is 0. The van der Waals surface area contributed by atoms with Gasteiger partial charge in [-0.2, -0.15) is 0 Å². The Morgan fingerprint density at radius 1 is 1.24 bits per heavy atom. The van der Waals surface area contributed by atoms with Gasteiger partial charge >= 0.3 is 0 Å². The van der Waals surface area contributed by atoms with Crippen LogP contribution >= 0.6 is 0 Å². The van der Waals surface area contributed by atoms with Crippen LogP contribution in [0, 0.1) is 6.92 Å². The molecule has 0 radical (unpaired) electrons. The molecule has 0 spiro atoms. The fourth-order valence-corrected chi connectivity index (χ4v) is 1.59. The van der Waals surface area contributed by atoms with E-state index in [0.29, 0.717) is 12.3 Å². The highest BCUT2D eigenvalue weighted by atomic mass is 16.4. The van der Waals surface area contributed by atoms with Crippen LogP contribution in [-0.2, 0) is 6.42 Å². The second kappa shape index (κ2) is 5.46. The van der Waals surface area contributed by atoms with Crippen LogP contribution in [0.3, 0.4) is 0 Å². The van der Waals surface area contributed by atoms with E-state index in [9.17, 15) is 0 Å². The Bertz CT molecular complexity index is 500. The summed E-state index contributed by atoms with van der Waals surface area (Å²) in [5.74, 6) is 1.35. The predicted octanol–water partition coefficient (Wildman–Crippen LogP) is 2.69. The summed E-state index contributed by atoms with van der Waals surface area (Å²) in [6.45, 7) is 1.95. The monoisotopic (exact) mass is 229 g/mol. The second-order valence-corrected chi connectivity index (χ2v) is 3.77. The minimum absolute atomic E-state index is 0.0925. The van der Waals surface area contributed by atoms with E-state index >= 15 is 0 Å². The fraction of sp³-hybridized carbons (Fsp3) is 0.214. The summed E-state index contributed by atoms with van der Waals surface area (Å²) >= 11 is 0. The third-order valence-electron chi connectivity index (χ3n) is 2.48. The quantitative estimate of drug-likeness (QED) is 0.876. The first kappa shape index (κ1) is 11.6. The zero-order chi connectivity index (χ0) is 12.1. The smallest absolute Gasteiger partial charge is 0.219 e. The first-order valence-corrected chi connectivity index (χ1v) is 5.60. The third kappa shape index (κ3) is 3.04. The van der Waals surface area contributed by atoms with E-state index in [0.717, 1.165) is 17.0 Å². The molecule has 0 aliphatic carbocycles. The van der Waals surface area contributed by atoms with Crippen LogP contribution in [0.15, 0.2) is 34.7 Å². The first-order chi connectivity index (χ1) is 8.29. The van der Waals surface area contributed by atoms with Crippen LogP contribution in [0.1, 0.15) is 22.9 Å². The molecule has 0 saturated carbocycles. The van der Waals surface area contributed by atoms with Crippen molar-refractivity contribution in [1.82, 2.24) is 4.98 Å². The molecule has 2 rings (SSSR count). The van der Waals surface area contributed by atoms with Gasteiger partial charge in [-0.3, -0.25) is 0 Å². The number of nitrogens with zero attached hydrogens (tertiary/aromatic N) is 1. The minimum atomic E-state index is 0.0925. The Hall–Kier alpha value is -1.87. The molecule has 0 atom stereocenters. The van der Waals surface area contributed by atoms with Crippen molar-refractivity contribution < 1.29 is 9.52 Å². The van der Waals surface area contributed by atoms with Gasteiger partial charge in [0.2, 0.25) is 5.89 Å². The Labute approximate surface area is 100 Å². The van der Waals surface area contributed by atoms with Crippen LogP contribution in [0.5, 0.6) is 0 Å². The molecule has 1 N–H and O–H groups in total. The molecule has 0 aliphatic heterocycles. The molecule has 0 bridgehead atoms. The van der Waals surface area contributed by atoms with Crippen LogP contribution in [0.4, 0.5) is 0 Å². The SMILES string of the molecule is Cc1oc(/C=C/c2ccccc2)nc1CCO. The fourth-order valence-electron chi connectivity index (χ4n) is 1.59. The lowest BCUT2D eigenvalue weighted by atomic mass is 10.2. The average Bonchev–Trinajstić information content (AvgIpc) is 2.70. The van der Waals surface area contributed by atoms with Crippen molar-refractivity contribution >= 4 is 12.2 Å². The molecule has 0 fully saturated rings. The van der Waals surface area contributed by atoms with Gasteiger partial charge in [0, 0.05) is 19.1 Å². The van der Waals surface area contributed by atoms with Gasteiger partial charge in [-0.1, -0.05) is 30.3 Å². The maximum Gasteiger partial charge on any atom is 0.219 e. The summed E-state index contributed by atoms with van der Waals surface area (Å²) < 4.78 is 5.48. The van der Waals surface area contributed by atoms with Crippen molar-refractivity contribution in [3.05, 3.63) is 53.2 Å². The molecule has 17 heavy (non-hydrogen) atoms. The topological polar surface area (TPSA) is 46.3 Å². The predicted molar refractivity (Wildman–Crippen MR) is 67.4 cm³/mol. The molecule has 3 heteroatoms. The normalized spacial score (nSPS) is 11.2. The van der Waals surface area contributed by atoms with Gasteiger partial charge in [0.1, 0.15) is 5.76 Å². The summed E-state index contributed by atoms with van der Waals surface area (Å²) in [4.78, 5) is 4.30. The van der Waals surface area contributed by atoms with E-state index in [1.165, 1.54) is 0 Å². The number of oxazole rings is 1. The third-order valence-corrected chi connectivity index (χ3v) is 2.48. The van der Waals surface area contributed by atoms with Gasteiger partial charge in [-0.25, -0.2) is 4.98 Å². The molecule has 3 nitrogen and oxygen atoms in total. The number of hydrogen-bond donors (Lipinski definition) is 1. The number of benzene rings is 1. The highest BCUT2D eigenvalue weighted by Gasteiger charge is 2.06. The van der Waals surface area contributed by atoms with Gasteiger partial charge in [-0.05, 0) is 18.6 Å². The van der Waals surface area contributed by atoms with Crippen LogP contribution < -0.4 is 0 Å². The summed E-state index contributed by atoms with van der Waals surface area (Å²) in [5, 5.41) is 8.86. The molecule has 0 unspecified atom stereocenters. The zero-order valence-corrected chi connectivity index (χ0v) is 9.76. The lowest BCUT2D eigenvalue weighted by Gasteiger charge is -1.89. The number of aryl methyl sites for hydroxylation is 1. The molecule has 1 heterocycles. The van der Waals surface area contributed by atoms with Gasteiger partial charge in [0.15, 0.2) is 0 Å². The van der Waals surface area contributed by atoms with E-state index in [1.54, 1.807) is 0 Å². The average molecular weight is 229 g/mol. The number of aromatic nitrogens is 1. The van der Waals surface area contributed by atoms with Crippen molar-refractivity contribution in [1.29, 1.82) is 0 Å². The van der Waals surface area contributed by atoms with E-state index in [2.05, 4.69) is 4.98 Å². The van der Waals surface area contributed by atoms with E-state index in [4.69, 9.17) is 9.52 Å². The lowest BCUT2D eigenvalue weighted by molar-refractivity contribution is 0.297. The number of aliphatic hydroxyl groups excluding tert-OH is 1. The Kier molecular flexibility index (Phi) is 3.73. The zero-order valence-electron chi connectivity index (χ0n) is 9.76. The molecular weight excluding hydrogens is 214 g/mol. The molecule has 2 aromatic rings. The van der Waals surface area contributed by atoms with Gasteiger partial charge in [-0.15, -0.1) is 0 Å². The molecule has 0 aliphatic rings. The van der Waals surface area contributed by atoms with Gasteiger partial charge in [0.05, 0.1) is 5.69 Å². The van der Waals surface area contributed by atoms with Gasteiger partial charge in [0.25, 0.3) is 0 Å². The summed E-state index contributed by atoms with van der Waals surface area (Å²) in [6, 6.07) is 9.98. The Morgan fingerprint density at radius 2 is 2.00 bits per heavy atom. The maximum atomic E-state index is 8.86. The summed E-state index contributed by atoms with van der Waals surface area (Å²) in [6.07, 6.45) is 4.33. The van der Waals surface area contributed by atoms with Crippen LogP contribution in [0.2, 0.25) is 0 Å².